The maximum Gasteiger partial charge on any atom is 0.307 e. The second-order valence-electron chi connectivity index (χ2n) is 7.46. The zero-order valence-corrected chi connectivity index (χ0v) is 16.7. The number of pyridine rings is 1. The predicted octanol–water partition coefficient (Wildman–Crippen LogP) is 4.60. The molecular formula is C25H24N2O3. The summed E-state index contributed by atoms with van der Waals surface area (Å²) in [5.74, 6) is -0.407. The van der Waals surface area contributed by atoms with E-state index in [4.69, 9.17) is 9.94 Å². The summed E-state index contributed by atoms with van der Waals surface area (Å²) in [5.41, 5.74) is 6.05. The fourth-order valence-electron chi connectivity index (χ4n) is 4.12. The Hall–Kier alpha value is -3.47. The van der Waals surface area contributed by atoms with E-state index in [-0.39, 0.29) is 6.42 Å². The lowest BCUT2D eigenvalue weighted by molar-refractivity contribution is -0.136. The van der Waals surface area contributed by atoms with Crippen LogP contribution in [0.2, 0.25) is 0 Å². The van der Waals surface area contributed by atoms with E-state index in [1.807, 2.05) is 54.6 Å². The van der Waals surface area contributed by atoms with Crippen LogP contribution in [0.4, 0.5) is 0 Å². The highest BCUT2D eigenvalue weighted by Crippen LogP contribution is 2.37. The molecule has 152 valence electrons. The molecule has 0 radical (unpaired) electrons. The van der Waals surface area contributed by atoms with Gasteiger partial charge in [0, 0.05) is 23.5 Å². The van der Waals surface area contributed by atoms with Crippen LogP contribution in [0.5, 0.6) is 0 Å². The van der Waals surface area contributed by atoms with Gasteiger partial charge in [0.2, 0.25) is 0 Å². The average molecular weight is 400 g/mol. The molecule has 5 nitrogen and oxygen atoms in total. The number of aromatic nitrogens is 1. The van der Waals surface area contributed by atoms with Crippen molar-refractivity contribution in [1.82, 2.24) is 4.98 Å². The maximum atomic E-state index is 11.1. The van der Waals surface area contributed by atoms with Gasteiger partial charge in [-0.3, -0.25) is 9.78 Å². The molecule has 1 atom stereocenters. The van der Waals surface area contributed by atoms with Crippen molar-refractivity contribution in [3.63, 3.8) is 0 Å². The maximum absolute atomic E-state index is 11.1. The van der Waals surface area contributed by atoms with Crippen LogP contribution >= 0.6 is 0 Å². The van der Waals surface area contributed by atoms with Crippen LogP contribution in [0, 0.1) is 0 Å². The smallest absolute Gasteiger partial charge is 0.307 e. The Labute approximate surface area is 176 Å². The van der Waals surface area contributed by atoms with E-state index in [0.717, 1.165) is 41.7 Å². The first-order valence-electron chi connectivity index (χ1n) is 10.2. The van der Waals surface area contributed by atoms with Gasteiger partial charge < -0.3 is 9.94 Å². The van der Waals surface area contributed by atoms with Gasteiger partial charge in [-0.05, 0) is 54.0 Å². The molecule has 1 aliphatic carbocycles. The monoisotopic (exact) mass is 400 g/mol. The first kappa shape index (κ1) is 19.8. The first-order chi connectivity index (χ1) is 14.7. The van der Waals surface area contributed by atoms with E-state index < -0.39 is 5.97 Å². The number of benzene rings is 2. The van der Waals surface area contributed by atoms with Crippen molar-refractivity contribution in [1.29, 1.82) is 0 Å². The number of hydrogen-bond donors (Lipinski definition) is 1. The standard InChI is InChI=1S/C25H24N2O3/c28-24(29)16-20-8-4-10-22-18(11-12-23(20)22)13-15-30-27-25(19-6-2-1-3-7-19)21-9-5-14-26-17-21/h1-10,14,17-18H,11-13,15-16H2,(H,28,29). The van der Waals surface area contributed by atoms with Crippen molar-refractivity contribution in [2.45, 2.75) is 31.6 Å². The molecule has 0 spiro atoms. The van der Waals surface area contributed by atoms with Crippen LogP contribution in [-0.4, -0.2) is 28.4 Å². The predicted molar refractivity (Wildman–Crippen MR) is 116 cm³/mol. The molecular weight excluding hydrogens is 376 g/mol. The van der Waals surface area contributed by atoms with E-state index in [0.29, 0.717) is 12.5 Å². The highest BCUT2D eigenvalue weighted by Gasteiger charge is 2.25. The van der Waals surface area contributed by atoms with E-state index in [2.05, 4.69) is 16.2 Å². The Balaban J connectivity index is 1.44. The van der Waals surface area contributed by atoms with E-state index in [1.54, 1.807) is 12.4 Å². The van der Waals surface area contributed by atoms with Gasteiger partial charge in [-0.2, -0.15) is 0 Å². The molecule has 30 heavy (non-hydrogen) atoms. The van der Waals surface area contributed by atoms with Gasteiger partial charge >= 0.3 is 5.97 Å². The third kappa shape index (κ3) is 4.57. The average Bonchev–Trinajstić information content (AvgIpc) is 3.19. The number of carboxylic acid groups (broad SMARTS) is 1. The number of fused-ring (bicyclic) bond motifs is 1. The van der Waals surface area contributed by atoms with Crippen LogP contribution in [-0.2, 0) is 22.5 Å². The molecule has 0 fully saturated rings. The topological polar surface area (TPSA) is 71.8 Å². The Morgan fingerprint density at radius 2 is 1.90 bits per heavy atom. The lowest BCUT2D eigenvalue weighted by Crippen LogP contribution is -2.06. The Kier molecular flexibility index (Phi) is 6.18. The van der Waals surface area contributed by atoms with Crippen molar-refractivity contribution in [2.75, 3.05) is 6.61 Å². The Bertz CT molecular complexity index is 991. The van der Waals surface area contributed by atoms with Crippen molar-refractivity contribution in [3.05, 3.63) is 101 Å². The lowest BCUT2D eigenvalue weighted by atomic mass is 9.95. The summed E-state index contributed by atoms with van der Waals surface area (Å²) in [4.78, 5) is 21.1. The van der Waals surface area contributed by atoms with Gasteiger partial charge in [0.25, 0.3) is 0 Å². The minimum Gasteiger partial charge on any atom is -0.481 e. The number of nitrogens with zero attached hydrogens (tertiary/aromatic N) is 2. The summed E-state index contributed by atoms with van der Waals surface area (Å²) < 4.78 is 0. The molecule has 0 saturated heterocycles. The molecule has 0 aliphatic heterocycles. The molecule has 4 rings (SSSR count). The normalized spacial score (nSPS) is 15.6. The van der Waals surface area contributed by atoms with Crippen LogP contribution in [0.3, 0.4) is 0 Å². The summed E-state index contributed by atoms with van der Waals surface area (Å²) in [5, 5.41) is 13.6. The van der Waals surface area contributed by atoms with Crippen molar-refractivity contribution in [2.24, 2.45) is 5.16 Å². The SMILES string of the molecule is O=C(O)Cc1cccc2c1CCC2CCON=C(c1ccccc1)c1cccnc1. The minimum atomic E-state index is -0.784. The summed E-state index contributed by atoms with van der Waals surface area (Å²) in [6, 6.07) is 19.8. The van der Waals surface area contributed by atoms with Gasteiger partial charge in [-0.1, -0.05) is 53.7 Å². The molecule has 1 aliphatic rings. The van der Waals surface area contributed by atoms with Crippen LogP contribution < -0.4 is 0 Å². The quantitative estimate of drug-likeness (QED) is 0.341. The molecule has 1 unspecified atom stereocenters. The van der Waals surface area contributed by atoms with Crippen molar-refractivity contribution in [3.8, 4) is 0 Å². The van der Waals surface area contributed by atoms with Gasteiger partial charge in [0.05, 0.1) is 6.42 Å². The third-order valence-electron chi connectivity index (χ3n) is 5.53. The van der Waals surface area contributed by atoms with Gasteiger partial charge in [0.1, 0.15) is 12.3 Å². The molecule has 0 bridgehead atoms. The summed E-state index contributed by atoms with van der Waals surface area (Å²) >= 11 is 0. The molecule has 3 aromatic rings. The Morgan fingerprint density at radius 3 is 2.67 bits per heavy atom. The van der Waals surface area contributed by atoms with Gasteiger partial charge in [0.15, 0.2) is 0 Å². The molecule has 1 heterocycles. The van der Waals surface area contributed by atoms with Crippen molar-refractivity contribution < 1.29 is 14.7 Å². The summed E-state index contributed by atoms with van der Waals surface area (Å²) in [7, 11) is 0. The lowest BCUT2D eigenvalue weighted by Gasteiger charge is -2.12. The molecule has 0 saturated carbocycles. The number of rotatable bonds is 8. The number of oxime groups is 1. The highest BCUT2D eigenvalue weighted by molar-refractivity contribution is 6.12. The molecule has 2 aromatic carbocycles. The molecule has 5 heteroatoms. The van der Waals surface area contributed by atoms with E-state index >= 15 is 0 Å². The molecule has 1 N–H and O–H groups in total. The molecule has 1 aromatic heterocycles. The zero-order valence-electron chi connectivity index (χ0n) is 16.7. The van der Waals surface area contributed by atoms with Crippen molar-refractivity contribution >= 4 is 11.7 Å². The number of aliphatic carboxylic acids is 1. The van der Waals surface area contributed by atoms with Crippen LogP contribution in [0.25, 0.3) is 0 Å². The summed E-state index contributed by atoms with van der Waals surface area (Å²) in [6.07, 6.45) is 6.41. The zero-order chi connectivity index (χ0) is 20.8. The fourth-order valence-corrected chi connectivity index (χ4v) is 4.12. The van der Waals surface area contributed by atoms with Gasteiger partial charge in [-0.25, -0.2) is 0 Å². The fraction of sp³-hybridized carbons (Fsp3) is 0.240. The van der Waals surface area contributed by atoms with Gasteiger partial charge in [-0.15, -0.1) is 0 Å². The first-order valence-corrected chi connectivity index (χ1v) is 10.2. The summed E-state index contributed by atoms with van der Waals surface area (Å²) in [6.45, 7) is 0.504. The number of hydrogen-bond acceptors (Lipinski definition) is 4. The number of carboxylic acids is 1. The third-order valence-corrected chi connectivity index (χ3v) is 5.53. The number of carbonyl (C=O) groups is 1. The minimum absolute atomic E-state index is 0.0855. The van der Waals surface area contributed by atoms with E-state index in [9.17, 15) is 4.79 Å². The molecule has 0 amide bonds. The highest BCUT2D eigenvalue weighted by atomic mass is 16.6. The Morgan fingerprint density at radius 1 is 1.07 bits per heavy atom. The van der Waals surface area contributed by atoms with E-state index in [1.165, 1.54) is 11.1 Å². The van der Waals surface area contributed by atoms with Crippen LogP contribution in [0.1, 0.15) is 46.6 Å². The second-order valence-corrected chi connectivity index (χ2v) is 7.46. The largest absolute Gasteiger partial charge is 0.481 e. The van der Waals surface area contributed by atoms with Crippen LogP contribution in [0.15, 0.2) is 78.2 Å². The second kappa shape index (κ2) is 9.35.